The second-order valence-electron chi connectivity index (χ2n) is 1.11. The molecule has 0 atom stereocenters. The van der Waals surface area contributed by atoms with E-state index >= 15 is 0 Å². The summed E-state index contributed by atoms with van der Waals surface area (Å²) >= 11 is 0. The molecule has 0 spiro atoms. The first-order valence-corrected chi connectivity index (χ1v) is 5.03. The van der Waals surface area contributed by atoms with Crippen molar-refractivity contribution < 1.29 is 69.1 Å². The van der Waals surface area contributed by atoms with Crippen LogP contribution in [-0.2, 0) is 24.0 Å². The molecule has 0 unspecified atom stereocenters. The monoisotopic (exact) mass is 438 g/mol. The van der Waals surface area contributed by atoms with E-state index in [2.05, 4.69) is 0 Å². The summed E-state index contributed by atoms with van der Waals surface area (Å²) in [5.41, 5.74) is 0. The van der Waals surface area contributed by atoms with Crippen molar-refractivity contribution in [1.82, 2.24) is 0 Å². The summed E-state index contributed by atoms with van der Waals surface area (Å²) in [6.45, 7) is 0. The summed E-state index contributed by atoms with van der Waals surface area (Å²) in [5.74, 6) is 0. The molecule has 0 saturated carbocycles. The molecule has 15 heteroatoms. The van der Waals surface area contributed by atoms with Gasteiger partial charge in [-0.05, 0) is 0 Å². The van der Waals surface area contributed by atoms with Crippen LogP contribution in [0.2, 0.25) is 0 Å². The molecule has 0 aliphatic carbocycles. The normalized spacial score (nSPS) is 7.93. The van der Waals surface area contributed by atoms with E-state index in [0.29, 0.717) is 0 Å². The fourth-order valence-electron chi connectivity index (χ4n) is 0. The van der Waals surface area contributed by atoms with Crippen LogP contribution in [0.4, 0.5) is 0 Å². The summed E-state index contributed by atoms with van der Waals surface area (Å²) in [6, 6.07) is 0. The Morgan fingerprint density at radius 1 is 1.00 bits per heavy atom. The Labute approximate surface area is 183 Å². The minimum atomic E-state index is -4.64. The fraction of sp³-hybridized carbons (Fsp3) is 0. The summed E-state index contributed by atoms with van der Waals surface area (Å²) in [6.07, 6.45) is 0. The average Bonchev–Trinajstić information content (AvgIpc) is 1.12. The van der Waals surface area contributed by atoms with E-state index in [9.17, 15) is 0 Å². The SMILES string of the molecule is O.O=P(O)(O)O.O[Si](O)(O)O.[AlH3].[Ca+2].[H-].[H-].[H-].[H-].[Sr+2].[Zn]. The van der Waals surface area contributed by atoms with Crippen LogP contribution in [0, 0.1) is 0 Å². The van der Waals surface area contributed by atoms with Gasteiger partial charge in [-0.3, -0.25) is 0 Å². The zero-order valence-corrected chi connectivity index (χ0v) is 17.7. The maximum atomic E-state index is 8.88. The van der Waals surface area contributed by atoms with Crippen LogP contribution < -0.4 is 0 Å². The second-order valence-corrected chi connectivity index (χ2v) is 3.34. The van der Waals surface area contributed by atoms with Crippen molar-refractivity contribution in [3.63, 3.8) is 0 Å². The molecule has 0 rings (SSSR count). The summed E-state index contributed by atoms with van der Waals surface area (Å²) in [5, 5.41) is 0. The molecule has 0 aromatic carbocycles. The molecule has 9 N–H and O–H groups in total. The predicted molar refractivity (Wildman–Crippen MR) is 58.4 cm³/mol. The largest absolute Gasteiger partial charge is 2.00 e. The molecule has 0 saturated heterocycles. The molecule has 0 radical (unpaired) electrons. The van der Waals surface area contributed by atoms with Crippen LogP contribution in [0.3, 0.4) is 0 Å². The van der Waals surface area contributed by atoms with E-state index < -0.39 is 16.9 Å². The van der Waals surface area contributed by atoms with Gasteiger partial charge >= 0.3 is 100 Å². The second kappa shape index (κ2) is 20.3. The summed E-state index contributed by atoms with van der Waals surface area (Å²) in [7, 11) is -9.25. The first kappa shape index (κ1) is 42.7. The van der Waals surface area contributed by atoms with Crippen LogP contribution in [0.5, 0.6) is 0 Å². The standard InChI is InChI=1S/Al.Ca.H3O4P.H4O4Si.H2O.Sr.Zn.7H/c;;2*1-5(2,3)4;;;;;;;;;;/h;;(H3,1,2,3,4);1-4H;1H2;;;;;;;;;/q;+2;;;;+2;;;;;4*-1. The smallest absolute Gasteiger partial charge is 1.00 e. The van der Waals surface area contributed by atoms with Gasteiger partial charge in [0.1, 0.15) is 0 Å². The molecule has 0 heterocycles. The molecule has 0 amide bonds. The van der Waals surface area contributed by atoms with Crippen molar-refractivity contribution in [3.8, 4) is 0 Å². The van der Waals surface area contributed by atoms with Crippen molar-refractivity contribution in [2.24, 2.45) is 0 Å². The molecule has 0 bridgehead atoms. The van der Waals surface area contributed by atoms with E-state index in [1.165, 1.54) is 0 Å². The van der Waals surface area contributed by atoms with Crippen molar-refractivity contribution in [2.45, 2.75) is 0 Å². The molecular formula is H16AlCaO9PSiSrZn. The van der Waals surface area contributed by atoms with Gasteiger partial charge in [-0.2, -0.15) is 0 Å². The Balaban J connectivity index is -0.00000000508. The van der Waals surface area contributed by atoms with Gasteiger partial charge in [-0.15, -0.1) is 0 Å². The van der Waals surface area contributed by atoms with E-state index in [4.69, 9.17) is 38.4 Å². The Bertz CT molecular complexity index is 136. The van der Waals surface area contributed by atoms with Gasteiger partial charge in [-0.25, -0.2) is 4.57 Å². The quantitative estimate of drug-likeness (QED) is 0.143. The van der Waals surface area contributed by atoms with Crippen molar-refractivity contribution in [3.05, 3.63) is 0 Å². The van der Waals surface area contributed by atoms with Gasteiger partial charge in [0, 0.05) is 19.5 Å². The van der Waals surface area contributed by atoms with E-state index in [1.807, 2.05) is 0 Å². The Hall–Kier alpha value is 4.02. The maximum Gasteiger partial charge on any atom is 2.00 e. The predicted octanol–water partition coefficient (Wildman–Crippen LogP) is -5.86. The zero-order valence-electron chi connectivity index (χ0n) is 11.1. The van der Waals surface area contributed by atoms with Crippen LogP contribution in [-0.4, -0.2) is 149 Å². The first-order valence-electron chi connectivity index (χ1n) is 1.68. The van der Waals surface area contributed by atoms with Crippen molar-refractivity contribution in [2.75, 3.05) is 0 Å². The summed E-state index contributed by atoms with van der Waals surface area (Å²) in [4.78, 5) is 50.9. The third-order valence-corrected chi connectivity index (χ3v) is 0. The zero-order chi connectivity index (χ0) is 9.00. The molecule has 0 aliphatic rings. The van der Waals surface area contributed by atoms with Crippen LogP contribution >= 0.6 is 7.82 Å². The Kier molecular flexibility index (Phi) is 58.0. The van der Waals surface area contributed by atoms with Gasteiger partial charge in [-0.1, -0.05) is 0 Å². The molecule has 9 nitrogen and oxygen atoms in total. The van der Waals surface area contributed by atoms with E-state index in [-0.39, 0.29) is 131 Å². The van der Waals surface area contributed by atoms with Crippen LogP contribution in [0.1, 0.15) is 5.71 Å². The first-order chi connectivity index (χ1) is 4.00. The molecule has 88 valence electrons. The van der Waals surface area contributed by atoms with Crippen molar-refractivity contribution in [1.29, 1.82) is 0 Å². The van der Waals surface area contributed by atoms with Gasteiger partial charge in [0.25, 0.3) is 0 Å². The molecule has 15 heavy (non-hydrogen) atoms. The average molecular weight is 439 g/mol. The Morgan fingerprint density at radius 2 is 1.00 bits per heavy atom. The number of hydrogen-bond acceptors (Lipinski definition) is 5. The number of phosphoric acid groups is 1. The third kappa shape index (κ3) is 286. The fourth-order valence-corrected chi connectivity index (χ4v) is 0. The molecule has 0 aromatic rings. The number of rotatable bonds is 0. The van der Waals surface area contributed by atoms with E-state index in [1.54, 1.807) is 0 Å². The Morgan fingerprint density at radius 3 is 1.00 bits per heavy atom. The third-order valence-electron chi connectivity index (χ3n) is 0. The minimum absolute atomic E-state index is 0. The molecule has 0 fully saturated rings. The van der Waals surface area contributed by atoms with Crippen molar-refractivity contribution >= 4 is 117 Å². The molecular weight excluding hydrogens is 423 g/mol. The number of hydrogen-bond donors (Lipinski definition) is 7. The topological polar surface area (TPSA) is 190 Å². The van der Waals surface area contributed by atoms with E-state index in [0.717, 1.165) is 0 Å². The molecule has 0 aromatic heterocycles. The van der Waals surface area contributed by atoms with Gasteiger partial charge in [0.2, 0.25) is 0 Å². The molecule has 0 aliphatic heterocycles. The van der Waals surface area contributed by atoms with Gasteiger partial charge in [0.15, 0.2) is 17.4 Å². The van der Waals surface area contributed by atoms with Crippen LogP contribution in [0.25, 0.3) is 0 Å². The van der Waals surface area contributed by atoms with Gasteiger partial charge in [0.05, 0.1) is 0 Å². The van der Waals surface area contributed by atoms with Crippen LogP contribution in [0.15, 0.2) is 0 Å². The summed E-state index contributed by atoms with van der Waals surface area (Å²) < 4.78 is 8.88. The van der Waals surface area contributed by atoms with Gasteiger partial charge < -0.3 is 45.0 Å². The minimum Gasteiger partial charge on any atom is -1.00 e. The maximum absolute atomic E-state index is 8.88.